The largest absolute Gasteiger partial charge is 0.464 e. The standard InChI is InChI=1S/C15H25NO3/c1-2-13-6-7-15(19-13)14-12-18-11-9-16(14)8-4-3-5-10-17/h6-7,14,17H,2-5,8-12H2,1H3. The third-order valence-electron chi connectivity index (χ3n) is 3.70. The molecule has 2 heterocycles. The Hall–Kier alpha value is -0.840. The normalized spacial score (nSPS) is 20.8. The van der Waals surface area contributed by atoms with Gasteiger partial charge in [0.15, 0.2) is 0 Å². The molecular formula is C15H25NO3. The average Bonchev–Trinajstić information content (AvgIpc) is 2.93. The molecule has 0 saturated carbocycles. The van der Waals surface area contributed by atoms with Crippen molar-refractivity contribution in [2.45, 2.75) is 38.6 Å². The van der Waals surface area contributed by atoms with E-state index in [4.69, 9.17) is 14.3 Å². The highest BCUT2D eigenvalue weighted by molar-refractivity contribution is 5.11. The molecule has 0 radical (unpaired) electrons. The van der Waals surface area contributed by atoms with Crippen LogP contribution in [0.15, 0.2) is 16.5 Å². The van der Waals surface area contributed by atoms with Crippen molar-refractivity contribution in [2.24, 2.45) is 0 Å². The smallest absolute Gasteiger partial charge is 0.123 e. The third-order valence-corrected chi connectivity index (χ3v) is 3.70. The van der Waals surface area contributed by atoms with Crippen LogP contribution in [0.5, 0.6) is 0 Å². The number of aryl methyl sites for hydroxylation is 1. The van der Waals surface area contributed by atoms with Crippen LogP contribution in [0.4, 0.5) is 0 Å². The summed E-state index contributed by atoms with van der Waals surface area (Å²) in [5.74, 6) is 2.07. The Balaban J connectivity index is 1.91. The third kappa shape index (κ3) is 4.06. The average molecular weight is 267 g/mol. The predicted octanol–water partition coefficient (Wildman–Crippen LogP) is 2.38. The van der Waals surface area contributed by atoms with E-state index in [1.54, 1.807) is 0 Å². The molecule has 1 aliphatic rings. The fourth-order valence-corrected chi connectivity index (χ4v) is 2.53. The Morgan fingerprint density at radius 1 is 1.32 bits per heavy atom. The molecule has 2 rings (SSSR count). The number of rotatable bonds is 7. The van der Waals surface area contributed by atoms with E-state index in [0.29, 0.717) is 6.61 Å². The Morgan fingerprint density at radius 3 is 2.95 bits per heavy atom. The van der Waals surface area contributed by atoms with E-state index >= 15 is 0 Å². The van der Waals surface area contributed by atoms with Crippen molar-refractivity contribution in [2.75, 3.05) is 32.9 Å². The summed E-state index contributed by atoms with van der Waals surface area (Å²) in [7, 11) is 0. The second kappa shape index (κ2) is 7.68. The zero-order chi connectivity index (χ0) is 13.5. The van der Waals surface area contributed by atoms with Crippen LogP contribution in [0.2, 0.25) is 0 Å². The number of aliphatic hydroxyl groups is 1. The molecule has 1 fully saturated rings. The first-order valence-corrected chi connectivity index (χ1v) is 7.36. The summed E-state index contributed by atoms with van der Waals surface area (Å²) in [6, 6.07) is 4.40. The number of hydrogen-bond donors (Lipinski definition) is 1. The number of nitrogens with zero attached hydrogens (tertiary/aromatic N) is 1. The number of morpholine rings is 1. The lowest BCUT2D eigenvalue weighted by molar-refractivity contribution is -0.0171. The van der Waals surface area contributed by atoms with Crippen molar-refractivity contribution in [3.8, 4) is 0 Å². The molecule has 4 nitrogen and oxygen atoms in total. The molecule has 1 atom stereocenters. The zero-order valence-corrected chi connectivity index (χ0v) is 11.8. The van der Waals surface area contributed by atoms with E-state index in [2.05, 4.69) is 24.0 Å². The highest BCUT2D eigenvalue weighted by Gasteiger charge is 2.26. The van der Waals surface area contributed by atoms with Gasteiger partial charge < -0.3 is 14.3 Å². The fraction of sp³-hybridized carbons (Fsp3) is 0.733. The van der Waals surface area contributed by atoms with Gasteiger partial charge in [-0.2, -0.15) is 0 Å². The summed E-state index contributed by atoms with van der Waals surface area (Å²) in [5, 5.41) is 8.81. The van der Waals surface area contributed by atoms with Crippen molar-refractivity contribution in [1.82, 2.24) is 4.90 Å². The maximum absolute atomic E-state index is 8.81. The van der Waals surface area contributed by atoms with Gasteiger partial charge in [-0.1, -0.05) is 6.92 Å². The molecule has 1 aliphatic heterocycles. The molecule has 0 amide bonds. The molecule has 0 bridgehead atoms. The van der Waals surface area contributed by atoms with Crippen molar-refractivity contribution >= 4 is 0 Å². The van der Waals surface area contributed by atoms with Crippen LogP contribution in [0, 0.1) is 0 Å². The monoisotopic (exact) mass is 267 g/mol. The Kier molecular flexibility index (Phi) is 5.89. The van der Waals surface area contributed by atoms with Crippen LogP contribution in [0.25, 0.3) is 0 Å². The van der Waals surface area contributed by atoms with E-state index in [9.17, 15) is 0 Å². The molecule has 0 spiro atoms. The second-order valence-corrected chi connectivity index (χ2v) is 5.07. The molecule has 1 N–H and O–H groups in total. The number of aliphatic hydroxyl groups excluding tert-OH is 1. The van der Waals surface area contributed by atoms with Gasteiger partial charge in [0, 0.05) is 19.6 Å². The van der Waals surface area contributed by atoms with Gasteiger partial charge in [-0.25, -0.2) is 0 Å². The fourth-order valence-electron chi connectivity index (χ4n) is 2.53. The summed E-state index contributed by atoms with van der Waals surface area (Å²) >= 11 is 0. The van der Waals surface area contributed by atoms with E-state index < -0.39 is 0 Å². The minimum atomic E-state index is 0.253. The first-order chi connectivity index (χ1) is 9.35. The molecule has 1 unspecified atom stereocenters. The van der Waals surface area contributed by atoms with Gasteiger partial charge in [0.05, 0.1) is 19.3 Å². The maximum atomic E-state index is 8.81. The molecule has 1 aromatic heterocycles. The molecule has 1 saturated heterocycles. The van der Waals surface area contributed by atoms with Crippen LogP contribution in [-0.2, 0) is 11.2 Å². The highest BCUT2D eigenvalue weighted by atomic mass is 16.5. The summed E-state index contributed by atoms with van der Waals surface area (Å²) in [5.41, 5.74) is 0. The van der Waals surface area contributed by atoms with Crippen LogP contribution in [0.1, 0.15) is 43.7 Å². The van der Waals surface area contributed by atoms with Gasteiger partial charge in [0.2, 0.25) is 0 Å². The quantitative estimate of drug-likeness (QED) is 0.770. The van der Waals surface area contributed by atoms with Gasteiger partial charge in [0.25, 0.3) is 0 Å². The maximum Gasteiger partial charge on any atom is 0.123 e. The van der Waals surface area contributed by atoms with Gasteiger partial charge in [-0.15, -0.1) is 0 Å². The van der Waals surface area contributed by atoms with Gasteiger partial charge >= 0.3 is 0 Å². The molecule has 108 valence electrons. The summed E-state index contributed by atoms with van der Waals surface area (Å²) < 4.78 is 11.5. The molecule has 19 heavy (non-hydrogen) atoms. The lowest BCUT2D eigenvalue weighted by Gasteiger charge is -2.34. The highest BCUT2D eigenvalue weighted by Crippen LogP contribution is 2.26. The predicted molar refractivity (Wildman–Crippen MR) is 74.2 cm³/mol. The van der Waals surface area contributed by atoms with Crippen LogP contribution < -0.4 is 0 Å². The summed E-state index contributed by atoms with van der Waals surface area (Å²) in [4.78, 5) is 2.44. The second-order valence-electron chi connectivity index (χ2n) is 5.07. The Labute approximate surface area is 115 Å². The van der Waals surface area contributed by atoms with Crippen molar-refractivity contribution < 1.29 is 14.3 Å². The Bertz CT molecular complexity index is 364. The first kappa shape index (κ1) is 14.6. The summed E-state index contributed by atoms with van der Waals surface area (Å²) in [6.45, 7) is 5.94. The lowest BCUT2D eigenvalue weighted by atomic mass is 10.1. The topological polar surface area (TPSA) is 45.8 Å². The molecule has 0 aromatic carbocycles. The van der Waals surface area contributed by atoms with Gasteiger partial charge in [-0.3, -0.25) is 4.90 Å². The van der Waals surface area contributed by atoms with E-state index in [-0.39, 0.29) is 6.04 Å². The molecule has 4 heteroatoms. The minimum Gasteiger partial charge on any atom is -0.464 e. The lowest BCUT2D eigenvalue weighted by Crippen LogP contribution is -2.39. The molecule has 1 aromatic rings. The number of unbranched alkanes of at least 4 members (excludes halogenated alkanes) is 2. The van der Waals surface area contributed by atoms with Crippen molar-refractivity contribution in [3.63, 3.8) is 0 Å². The number of ether oxygens (including phenoxy) is 1. The van der Waals surface area contributed by atoms with Gasteiger partial charge in [-0.05, 0) is 37.9 Å². The molecule has 0 aliphatic carbocycles. The Morgan fingerprint density at radius 2 is 2.21 bits per heavy atom. The van der Waals surface area contributed by atoms with E-state index in [1.807, 2.05) is 0 Å². The van der Waals surface area contributed by atoms with Crippen molar-refractivity contribution in [3.05, 3.63) is 23.7 Å². The van der Waals surface area contributed by atoms with Crippen LogP contribution in [-0.4, -0.2) is 42.9 Å². The SMILES string of the molecule is CCc1ccc(C2COCCN2CCCCCO)o1. The van der Waals surface area contributed by atoms with Gasteiger partial charge in [0.1, 0.15) is 11.5 Å². The van der Waals surface area contributed by atoms with Crippen LogP contribution >= 0.6 is 0 Å². The number of hydrogen-bond acceptors (Lipinski definition) is 4. The zero-order valence-electron chi connectivity index (χ0n) is 11.8. The summed E-state index contributed by atoms with van der Waals surface area (Å²) in [6.07, 6.45) is 4.04. The van der Waals surface area contributed by atoms with Crippen molar-refractivity contribution in [1.29, 1.82) is 0 Å². The van der Waals surface area contributed by atoms with E-state index in [0.717, 1.165) is 63.5 Å². The number of furan rings is 1. The van der Waals surface area contributed by atoms with E-state index in [1.165, 1.54) is 0 Å². The minimum absolute atomic E-state index is 0.253. The first-order valence-electron chi connectivity index (χ1n) is 7.36. The molecular weight excluding hydrogens is 242 g/mol. The van der Waals surface area contributed by atoms with Crippen LogP contribution in [0.3, 0.4) is 0 Å².